The molecule has 0 unspecified atom stereocenters. The number of carbonyl (C=O) groups excluding carboxylic acids is 1. The zero-order chi connectivity index (χ0) is 23.1. The van der Waals surface area contributed by atoms with E-state index in [1.54, 1.807) is 50.2 Å². The van der Waals surface area contributed by atoms with Crippen LogP contribution in [-0.4, -0.2) is 47.7 Å². The molecule has 0 saturated heterocycles. The van der Waals surface area contributed by atoms with Crippen molar-refractivity contribution in [2.75, 3.05) is 24.2 Å². The van der Waals surface area contributed by atoms with Gasteiger partial charge >= 0.3 is 0 Å². The number of benzene rings is 2. The minimum Gasteiger partial charge on any atom is -0.411 e. The van der Waals surface area contributed by atoms with Gasteiger partial charge in [0.1, 0.15) is 0 Å². The summed E-state index contributed by atoms with van der Waals surface area (Å²) in [6, 6.07) is 14.9. The fraction of sp³-hybridized carbons (Fsp3) is 0.238. The monoisotopic (exact) mass is 471 g/mol. The predicted octanol–water partition coefficient (Wildman–Crippen LogP) is 3.37. The van der Waals surface area contributed by atoms with Crippen LogP contribution in [0.5, 0.6) is 0 Å². The topological polar surface area (TPSA) is 129 Å². The van der Waals surface area contributed by atoms with Crippen molar-refractivity contribution in [2.45, 2.75) is 24.0 Å². The first-order valence-electron chi connectivity index (χ1n) is 9.74. The van der Waals surface area contributed by atoms with Crippen LogP contribution in [0.25, 0.3) is 11.5 Å². The Morgan fingerprint density at radius 3 is 2.62 bits per heavy atom. The van der Waals surface area contributed by atoms with Crippen LogP contribution < -0.4 is 5.32 Å². The molecule has 0 bridgehead atoms. The van der Waals surface area contributed by atoms with E-state index < -0.39 is 10.0 Å². The van der Waals surface area contributed by atoms with Crippen LogP contribution in [0.4, 0.5) is 5.69 Å². The summed E-state index contributed by atoms with van der Waals surface area (Å²) in [6.07, 6.45) is 0. The molecule has 11 heteroatoms. The second kappa shape index (κ2) is 10.4. The second-order valence-electron chi connectivity index (χ2n) is 6.52. The molecule has 3 rings (SSSR count). The smallest absolute Gasteiger partial charge is 0.277 e. The van der Waals surface area contributed by atoms with Crippen LogP contribution in [0.2, 0.25) is 0 Å². The molecular formula is C21H21N5O4S2. The first-order valence-corrected chi connectivity index (χ1v) is 12.2. The summed E-state index contributed by atoms with van der Waals surface area (Å²) < 4.78 is 32.5. The predicted molar refractivity (Wildman–Crippen MR) is 120 cm³/mol. The molecule has 32 heavy (non-hydrogen) atoms. The van der Waals surface area contributed by atoms with E-state index in [4.69, 9.17) is 9.68 Å². The van der Waals surface area contributed by atoms with Gasteiger partial charge in [-0.15, -0.1) is 10.2 Å². The first-order chi connectivity index (χ1) is 15.4. The molecule has 166 valence electrons. The molecule has 9 nitrogen and oxygen atoms in total. The van der Waals surface area contributed by atoms with Crippen molar-refractivity contribution in [1.29, 1.82) is 5.26 Å². The number of nitriles is 1. The Hall–Kier alpha value is -3.20. The lowest BCUT2D eigenvalue weighted by Gasteiger charge is -2.18. The van der Waals surface area contributed by atoms with Crippen LogP contribution in [-0.2, 0) is 14.8 Å². The van der Waals surface area contributed by atoms with Crippen molar-refractivity contribution >= 4 is 33.4 Å². The molecule has 1 N–H and O–H groups in total. The summed E-state index contributed by atoms with van der Waals surface area (Å²) in [5, 5.41) is 19.7. The Labute approximate surface area is 190 Å². The average molecular weight is 472 g/mol. The third-order valence-corrected chi connectivity index (χ3v) is 7.30. The third-order valence-electron chi connectivity index (χ3n) is 4.43. The number of nitrogens with zero attached hydrogens (tertiary/aromatic N) is 4. The minimum absolute atomic E-state index is 0.0226. The molecule has 0 radical (unpaired) electrons. The number of nitrogens with one attached hydrogen (secondary N) is 1. The maximum Gasteiger partial charge on any atom is 0.277 e. The Kier molecular flexibility index (Phi) is 7.63. The average Bonchev–Trinajstić information content (AvgIpc) is 3.28. The number of hydrogen-bond acceptors (Lipinski definition) is 8. The SMILES string of the molecule is CCN(CC)S(=O)(=O)c1cccc(-c2nnc(SCC(=O)Nc3cccc(C#N)c3)o2)c1. The summed E-state index contributed by atoms with van der Waals surface area (Å²) in [7, 11) is -3.62. The molecule has 0 fully saturated rings. The van der Waals surface area contributed by atoms with E-state index in [0.29, 0.717) is 29.9 Å². The number of anilines is 1. The van der Waals surface area contributed by atoms with E-state index in [0.717, 1.165) is 11.8 Å². The highest BCUT2D eigenvalue weighted by Crippen LogP contribution is 2.26. The number of thioether (sulfide) groups is 1. The third kappa shape index (κ3) is 5.53. The van der Waals surface area contributed by atoms with Crippen molar-refractivity contribution in [2.24, 2.45) is 0 Å². The Morgan fingerprint density at radius 2 is 1.91 bits per heavy atom. The molecule has 1 amide bonds. The van der Waals surface area contributed by atoms with Gasteiger partial charge in [0.15, 0.2) is 0 Å². The minimum atomic E-state index is -3.62. The summed E-state index contributed by atoms with van der Waals surface area (Å²) >= 11 is 1.05. The number of rotatable bonds is 9. The van der Waals surface area contributed by atoms with Gasteiger partial charge < -0.3 is 9.73 Å². The highest BCUT2D eigenvalue weighted by molar-refractivity contribution is 7.99. The largest absolute Gasteiger partial charge is 0.411 e. The van der Waals surface area contributed by atoms with Crippen LogP contribution in [0.1, 0.15) is 19.4 Å². The van der Waals surface area contributed by atoms with Gasteiger partial charge in [-0.2, -0.15) is 9.57 Å². The fourth-order valence-corrected chi connectivity index (χ4v) is 4.95. The van der Waals surface area contributed by atoms with Gasteiger partial charge in [-0.3, -0.25) is 4.79 Å². The highest BCUT2D eigenvalue weighted by Gasteiger charge is 2.22. The molecule has 1 aromatic heterocycles. The highest BCUT2D eigenvalue weighted by atomic mass is 32.2. The molecule has 0 aliphatic carbocycles. The molecule has 0 saturated carbocycles. The molecule has 2 aromatic carbocycles. The Balaban J connectivity index is 1.67. The van der Waals surface area contributed by atoms with Gasteiger partial charge in [-0.05, 0) is 36.4 Å². The van der Waals surface area contributed by atoms with Crippen LogP contribution in [0.3, 0.4) is 0 Å². The second-order valence-corrected chi connectivity index (χ2v) is 9.38. The summed E-state index contributed by atoms with van der Waals surface area (Å²) in [4.78, 5) is 12.3. The summed E-state index contributed by atoms with van der Waals surface area (Å²) in [5.41, 5.74) is 1.43. The van der Waals surface area contributed by atoms with Gasteiger partial charge in [-0.1, -0.05) is 37.7 Å². The lowest BCUT2D eigenvalue weighted by Crippen LogP contribution is -2.30. The van der Waals surface area contributed by atoms with Crippen LogP contribution in [0, 0.1) is 11.3 Å². The summed E-state index contributed by atoms with van der Waals surface area (Å²) in [5.74, 6) is -0.113. The van der Waals surface area contributed by atoms with Crippen molar-refractivity contribution < 1.29 is 17.6 Å². The fourth-order valence-electron chi connectivity index (χ4n) is 2.88. The summed E-state index contributed by atoms with van der Waals surface area (Å²) in [6.45, 7) is 4.30. The maximum atomic E-state index is 12.7. The molecule has 0 aliphatic rings. The molecule has 0 spiro atoms. The Bertz CT molecular complexity index is 1250. The standard InChI is InChI=1S/C21H21N5O4S2/c1-3-26(4-2)32(28,29)18-10-6-8-16(12-18)20-24-25-21(30-20)31-14-19(27)23-17-9-5-7-15(11-17)13-22/h5-12H,3-4,14H2,1-2H3,(H,23,27). The number of hydrogen-bond donors (Lipinski definition) is 1. The van der Waals surface area contributed by atoms with Gasteiger partial charge in [0.2, 0.25) is 21.8 Å². The number of aromatic nitrogens is 2. The molecule has 3 aromatic rings. The lowest BCUT2D eigenvalue weighted by atomic mass is 10.2. The lowest BCUT2D eigenvalue weighted by molar-refractivity contribution is -0.113. The van der Waals surface area contributed by atoms with Crippen molar-refractivity contribution in [1.82, 2.24) is 14.5 Å². The molecular weight excluding hydrogens is 450 g/mol. The van der Waals surface area contributed by atoms with Gasteiger partial charge in [0, 0.05) is 24.3 Å². The van der Waals surface area contributed by atoms with E-state index in [-0.39, 0.29) is 27.7 Å². The van der Waals surface area contributed by atoms with E-state index in [2.05, 4.69) is 15.5 Å². The van der Waals surface area contributed by atoms with E-state index in [1.807, 2.05) is 6.07 Å². The van der Waals surface area contributed by atoms with Gasteiger partial charge in [-0.25, -0.2) is 8.42 Å². The van der Waals surface area contributed by atoms with Crippen LogP contribution in [0.15, 0.2) is 63.1 Å². The molecule has 0 aliphatic heterocycles. The molecule has 1 heterocycles. The Morgan fingerprint density at radius 1 is 1.16 bits per heavy atom. The van der Waals surface area contributed by atoms with E-state index >= 15 is 0 Å². The van der Waals surface area contributed by atoms with E-state index in [9.17, 15) is 13.2 Å². The quantitative estimate of drug-likeness (QED) is 0.470. The maximum absolute atomic E-state index is 12.7. The van der Waals surface area contributed by atoms with Crippen molar-refractivity contribution in [3.05, 3.63) is 54.1 Å². The number of sulfonamides is 1. The number of carbonyl (C=O) groups is 1. The zero-order valence-electron chi connectivity index (χ0n) is 17.5. The molecule has 0 atom stereocenters. The first kappa shape index (κ1) is 23.5. The van der Waals surface area contributed by atoms with E-state index in [1.165, 1.54) is 16.4 Å². The van der Waals surface area contributed by atoms with Crippen molar-refractivity contribution in [3.63, 3.8) is 0 Å². The number of amides is 1. The normalized spacial score (nSPS) is 11.3. The van der Waals surface area contributed by atoms with Crippen molar-refractivity contribution in [3.8, 4) is 17.5 Å². The zero-order valence-corrected chi connectivity index (χ0v) is 19.1. The van der Waals surface area contributed by atoms with Crippen LogP contribution >= 0.6 is 11.8 Å². The van der Waals surface area contributed by atoms with Gasteiger partial charge in [0.25, 0.3) is 5.22 Å². The van der Waals surface area contributed by atoms with Gasteiger partial charge in [0.05, 0.1) is 22.3 Å².